The first-order chi connectivity index (χ1) is 16.2. The van der Waals surface area contributed by atoms with Crippen LogP contribution in [0.4, 0.5) is 5.69 Å². The molecular formula is C24H26N6O3. The van der Waals surface area contributed by atoms with Crippen molar-refractivity contribution in [2.75, 3.05) is 11.9 Å². The normalized spacial score (nSPS) is 18.3. The van der Waals surface area contributed by atoms with Gasteiger partial charge in [-0.3, -0.25) is 19.6 Å². The number of rotatable bonds is 7. The minimum absolute atomic E-state index is 0.211. The zero-order chi connectivity index (χ0) is 22.6. The number of carbonyl (C=O) groups excluding carboxylic acids is 1. The number of hydrogen-bond acceptors (Lipinski definition) is 6. The number of amides is 1. The van der Waals surface area contributed by atoms with Gasteiger partial charge in [-0.15, -0.1) is 0 Å². The lowest BCUT2D eigenvalue weighted by Gasteiger charge is -2.28. The maximum atomic E-state index is 13.0. The summed E-state index contributed by atoms with van der Waals surface area (Å²) in [6, 6.07) is 9.30. The van der Waals surface area contributed by atoms with Crippen LogP contribution in [-0.4, -0.2) is 43.6 Å². The van der Waals surface area contributed by atoms with Gasteiger partial charge in [0.2, 0.25) is 0 Å². The van der Waals surface area contributed by atoms with E-state index in [1.165, 1.54) is 0 Å². The van der Waals surface area contributed by atoms with Crippen LogP contribution in [0.2, 0.25) is 0 Å². The predicted molar refractivity (Wildman–Crippen MR) is 123 cm³/mol. The van der Waals surface area contributed by atoms with Crippen LogP contribution in [-0.2, 0) is 4.74 Å². The van der Waals surface area contributed by atoms with E-state index in [-0.39, 0.29) is 17.7 Å². The van der Waals surface area contributed by atoms with Gasteiger partial charge in [0.1, 0.15) is 11.5 Å². The van der Waals surface area contributed by atoms with E-state index in [1.807, 2.05) is 36.0 Å². The van der Waals surface area contributed by atoms with Crippen LogP contribution < -0.4 is 5.32 Å². The molecule has 170 valence electrons. The van der Waals surface area contributed by atoms with Crippen LogP contribution in [0.5, 0.6) is 0 Å². The summed E-state index contributed by atoms with van der Waals surface area (Å²) in [5, 5.41) is 14.4. The molecule has 0 aromatic carbocycles. The van der Waals surface area contributed by atoms with Gasteiger partial charge in [-0.1, -0.05) is 6.07 Å². The molecule has 1 aliphatic rings. The average molecular weight is 447 g/mol. The second-order valence-electron chi connectivity index (χ2n) is 8.08. The van der Waals surface area contributed by atoms with Gasteiger partial charge < -0.3 is 14.5 Å². The molecule has 1 saturated carbocycles. The number of carbonyl (C=O) groups is 1. The summed E-state index contributed by atoms with van der Waals surface area (Å²) in [5.41, 5.74) is 2.72. The van der Waals surface area contributed by atoms with E-state index in [4.69, 9.17) is 14.3 Å². The van der Waals surface area contributed by atoms with Crippen molar-refractivity contribution in [3.05, 3.63) is 60.9 Å². The molecule has 0 saturated heterocycles. The quantitative estimate of drug-likeness (QED) is 0.426. The fourth-order valence-corrected chi connectivity index (χ4v) is 4.26. The Morgan fingerprint density at radius 1 is 1.24 bits per heavy atom. The third-order valence-corrected chi connectivity index (χ3v) is 5.92. The first kappa shape index (κ1) is 21.1. The molecule has 0 atom stereocenters. The minimum Gasteiger partial charge on any atom is -0.451 e. The molecule has 0 unspecified atom stereocenters. The largest absolute Gasteiger partial charge is 0.451 e. The van der Waals surface area contributed by atoms with E-state index in [1.54, 1.807) is 30.7 Å². The zero-order valence-corrected chi connectivity index (χ0v) is 18.4. The fourth-order valence-electron chi connectivity index (χ4n) is 4.26. The molecule has 9 nitrogen and oxygen atoms in total. The molecule has 4 heterocycles. The molecule has 1 fully saturated rings. The zero-order valence-electron chi connectivity index (χ0n) is 18.4. The summed E-state index contributed by atoms with van der Waals surface area (Å²) >= 11 is 0. The third kappa shape index (κ3) is 4.58. The van der Waals surface area contributed by atoms with E-state index in [9.17, 15) is 4.79 Å². The van der Waals surface area contributed by atoms with Crippen molar-refractivity contribution in [2.45, 2.75) is 44.8 Å². The lowest BCUT2D eigenvalue weighted by molar-refractivity contribution is 0.0260. The van der Waals surface area contributed by atoms with Crippen LogP contribution in [0.25, 0.3) is 22.7 Å². The monoisotopic (exact) mass is 446 g/mol. The van der Waals surface area contributed by atoms with Crippen molar-refractivity contribution in [1.82, 2.24) is 25.0 Å². The Kier molecular flexibility index (Phi) is 6.03. The van der Waals surface area contributed by atoms with Gasteiger partial charge in [0, 0.05) is 25.2 Å². The number of nitrogens with zero attached hydrogens (tertiary/aromatic N) is 4. The van der Waals surface area contributed by atoms with Crippen LogP contribution in [0.3, 0.4) is 0 Å². The van der Waals surface area contributed by atoms with Crippen molar-refractivity contribution >= 4 is 11.6 Å². The average Bonchev–Trinajstić information content (AvgIpc) is 3.61. The summed E-state index contributed by atoms with van der Waals surface area (Å²) in [6.07, 6.45) is 11.3. The molecule has 33 heavy (non-hydrogen) atoms. The molecule has 9 heteroatoms. The Morgan fingerprint density at radius 2 is 2.12 bits per heavy atom. The highest BCUT2D eigenvalue weighted by molar-refractivity contribution is 6.04. The lowest BCUT2D eigenvalue weighted by atomic mass is 9.93. The number of pyridine rings is 1. The number of hydrogen-bond donors (Lipinski definition) is 2. The minimum atomic E-state index is -0.346. The van der Waals surface area contributed by atoms with Crippen molar-refractivity contribution in [3.63, 3.8) is 0 Å². The highest BCUT2D eigenvalue weighted by atomic mass is 16.5. The van der Waals surface area contributed by atoms with Crippen molar-refractivity contribution in [2.24, 2.45) is 0 Å². The number of ether oxygens (including phenoxy) is 1. The Labute approximate surface area is 191 Å². The Bertz CT molecular complexity index is 1190. The van der Waals surface area contributed by atoms with Gasteiger partial charge >= 0.3 is 0 Å². The Morgan fingerprint density at radius 3 is 2.85 bits per heavy atom. The van der Waals surface area contributed by atoms with E-state index in [0.29, 0.717) is 28.9 Å². The molecule has 0 radical (unpaired) electrons. The van der Waals surface area contributed by atoms with Crippen molar-refractivity contribution in [1.29, 1.82) is 0 Å². The maximum absolute atomic E-state index is 13.0. The maximum Gasteiger partial charge on any atom is 0.291 e. The molecular weight excluding hydrogens is 420 g/mol. The second kappa shape index (κ2) is 9.41. The van der Waals surface area contributed by atoms with E-state index in [2.05, 4.69) is 20.5 Å². The summed E-state index contributed by atoms with van der Waals surface area (Å²) in [4.78, 5) is 17.4. The third-order valence-electron chi connectivity index (χ3n) is 5.92. The molecule has 0 spiro atoms. The van der Waals surface area contributed by atoms with Gasteiger partial charge in [0.15, 0.2) is 5.76 Å². The second-order valence-corrected chi connectivity index (χ2v) is 8.08. The molecule has 4 aromatic rings. The van der Waals surface area contributed by atoms with E-state index in [0.717, 1.165) is 37.9 Å². The van der Waals surface area contributed by atoms with Gasteiger partial charge in [-0.2, -0.15) is 10.2 Å². The SMILES string of the molecule is CCOC1CCC(n2cc(NC(=O)c3ccc(-c4cn[nH]c4)o3)c(-c3ccccn3)n2)CC1. The number of anilines is 1. The van der Waals surface area contributed by atoms with E-state index < -0.39 is 0 Å². The van der Waals surface area contributed by atoms with Gasteiger partial charge in [-0.25, -0.2) is 0 Å². The first-order valence-electron chi connectivity index (χ1n) is 11.2. The summed E-state index contributed by atoms with van der Waals surface area (Å²) in [5.74, 6) is 0.435. The lowest BCUT2D eigenvalue weighted by Crippen LogP contribution is -2.24. The molecule has 0 aliphatic heterocycles. The number of aromatic nitrogens is 5. The molecule has 1 amide bonds. The number of aromatic amines is 1. The smallest absolute Gasteiger partial charge is 0.291 e. The molecule has 0 bridgehead atoms. The van der Waals surface area contributed by atoms with E-state index >= 15 is 0 Å². The Hall–Kier alpha value is -3.72. The number of H-pyrrole nitrogens is 1. The first-order valence-corrected chi connectivity index (χ1v) is 11.2. The topological polar surface area (TPSA) is 111 Å². The van der Waals surface area contributed by atoms with Crippen molar-refractivity contribution < 1.29 is 13.9 Å². The molecule has 2 N–H and O–H groups in total. The van der Waals surface area contributed by atoms with Gasteiger partial charge in [0.25, 0.3) is 5.91 Å². The van der Waals surface area contributed by atoms with Crippen LogP contribution in [0, 0.1) is 0 Å². The molecule has 5 rings (SSSR count). The van der Waals surface area contributed by atoms with Gasteiger partial charge in [0.05, 0.1) is 35.3 Å². The standard InChI is InChI=1S/C24H26N6O3/c1-2-32-18-8-6-17(7-9-18)30-15-20(23(29-30)19-5-3-4-12-25-19)28-24(31)22-11-10-21(33-22)16-13-26-27-14-16/h3-5,10-15,17-18H,2,6-9H2,1H3,(H,26,27)(H,28,31). The summed E-state index contributed by atoms with van der Waals surface area (Å²) < 4.78 is 13.5. The van der Waals surface area contributed by atoms with Crippen LogP contribution in [0.1, 0.15) is 49.2 Å². The Balaban J connectivity index is 1.38. The highest BCUT2D eigenvalue weighted by Gasteiger charge is 2.26. The summed E-state index contributed by atoms with van der Waals surface area (Å²) in [7, 11) is 0. The summed E-state index contributed by atoms with van der Waals surface area (Å²) in [6.45, 7) is 2.77. The highest BCUT2D eigenvalue weighted by Crippen LogP contribution is 2.33. The molecule has 1 aliphatic carbocycles. The van der Waals surface area contributed by atoms with Crippen LogP contribution in [0.15, 0.2) is 59.5 Å². The fraction of sp³-hybridized carbons (Fsp3) is 0.333. The number of nitrogens with one attached hydrogen (secondary N) is 2. The molecule has 4 aromatic heterocycles. The predicted octanol–water partition coefficient (Wildman–Crippen LogP) is 4.70. The van der Waals surface area contributed by atoms with Gasteiger partial charge in [-0.05, 0) is 56.9 Å². The van der Waals surface area contributed by atoms with Crippen LogP contribution >= 0.6 is 0 Å². The number of furan rings is 1. The van der Waals surface area contributed by atoms with Crippen molar-refractivity contribution in [3.8, 4) is 22.7 Å².